The maximum absolute atomic E-state index is 12.1. The Morgan fingerprint density at radius 2 is 2.04 bits per heavy atom. The summed E-state index contributed by atoms with van der Waals surface area (Å²) >= 11 is 5.90. The van der Waals surface area contributed by atoms with Crippen molar-refractivity contribution in [3.8, 4) is 0 Å². The van der Waals surface area contributed by atoms with E-state index < -0.39 is 0 Å². The summed E-state index contributed by atoms with van der Waals surface area (Å²) in [6.45, 7) is 5.84. The third kappa shape index (κ3) is 4.38. The predicted molar refractivity (Wildman–Crippen MR) is 94.6 cm³/mol. The number of ether oxygens (including phenoxy) is 1. The van der Waals surface area contributed by atoms with Crippen LogP contribution in [0.2, 0.25) is 5.02 Å². The highest BCUT2D eigenvalue weighted by molar-refractivity contribution is 6.30. The molecular formula is C18H21ClN2O3. The highest BCUT2D eigenvalue weighted by Crippen LogP contribution is 2.21. The van der Waals surface area contributed by atoms with Crippen molar-refractivity contribution < 1.29 is 14.3 Å². The summed E-state index contributed by atoms with van der Waals surface area (Å²) in [5.74, 6) is -0.470. The van der Waals surface area contributed by atoms with Crippen LogP contribution < -0.4 is 5.32 Å². The second-order valence-corrected chi connectivity index (χ2v) is 5.94. The molecule has 0 aliphatic heterocycles. The first-order valence-electron chi connectivity index (χ1n) is 7.83. The standard InChI is InChI=1S/C18H21ClN2O3/c1-4-24-18(23)17-11(2)15(12(3)20-17)8-9-16(22)21-14-7-5-6-13(19)10-14/h5-7,10,20H,4,8-9H2,1-3H3,(H,21,22). The van der Waals surface area contributed by atoms with Crippen LogP contribution in [0.25, 0.3) is 0 Å². The van der Waals surface area contributed by atoms with Crippen LogP contribution in [0.4, 0.5) is 5.69 Å². The smallest absolute Gasteiger partial charge is 0.355 e. The van der Waals surface area contributed by atoms with E-state index in [4.69, 9.17) is 16.3 Å². The van der Waals surface area contributed by atoms with Gasteiger partial charge in [-0.05, 0) is 56.5 Å². The number of aryl methyl sites for hydroxylation is 1. The van der Waals surface area contributed by atoms with Gasteiger partial charge in [0.05, 0.1) is 6.61 Å². The highest BCUT2D eigenvalue weighted by atomic mass is 35.5. The first kappa shape index (κ1) is 18.1. The van der Waals surface area contributed by atoms with Crippen LogP contribution in [-0.2, 0) is 16.0 Å². The van der Waals surface area contributed by atoms with Crippen molar-refractivity contribution in [3.63, 3.8) is 0 Å². The van der Waals surface area contributed by atoms with Crippen LogP contribution in [0, 0.1) is 13.8 Å². The Kier molecular flexibility index (Phi) is 6.04. The Morgan fingerprint density at radius 1 is 1.29 bits per heavy atom. The van der Waals surface area contributed by atoms with E-state index >= 15 is 0 Å². The zero-order valence-electron chi connectivity index (χ0n) is 14.0. The average Bonchev–Trinajstić information content (AvgIpc) is 2.80. The Hall–Kier alpha value is -2.27. The number of carbonyl (C=O) groups excluding carboxylic acids is 2. The summed E-state index contributed by atoms with van der Waals surface area (Å²) in [6, 6.07) is 7.02. The molecule has 6 heteroatoms. The maximum Gasteiger partial charge on any atom is 0.355 e. The predicted octanol–water partition coefficient (Wildman–Crippen LogP) is 4.03. The Balaban J connectivity index is 2.01. The quantitative estimate of drug-likeness (QED) is 0.774. The Bertz CT molecular complexity index is 753. The summed E-state index contributed by atoms with van der Waals surface area (Å²) in [4.78, 5) is 27.1. The zero-order valence-corrected chi connectivity index (χ0v) is 14.8. The van der Waals surface area contributed by atoms with E-state index in [1.54, 1.807) is 31.2 Å². The number of esters is 1. The molecule has 0 fully saturated rings. The second-order valence-electron chi connectivity index (χ2n) is 5.51. The van der Waals surface area contributed by atoms with Crippen LogP contribution in [0.5, 0.6) is 0 Å². The van der Waals surface area contributed by atoms with Crippen LogP contribution in [0.3, 0.4) is 0 Å². The first-order valence-corrected chi connectivity index (χ1v) is 8.20. The molecule has 128 valence electrons. The summed E-state index contributed by atoms with van der Waals surface area (Å²) in [7, 11) is 0. The van der Waals surface area contributed by atoms with Gasteiger partial charge in [-0.2, -0.15) is 0 Å². The van der Waals surface area contributed by atoms with Gasteiger partial charge in [0.15, 0.2) is 0 Å². The minimum atomic E-state index is -0.368. The summed E-state index contributed by atoms with van der Waals surface area (Å²) < 4.78 is 5.03. The molecule has 1 amide bonds. The van der Waals surface area contributed by atoms with Crippen LogP contribution >= 0.6 is 11.6 Å². The molecule has 0 atom stereocenters. The number of hydrogen-bond donors (Lipinski definition) is 2. The zero-order chi connectivity index (χ0) is 17.7. The molecule has 0 aliphatic carbocycles. The molecular weight excluding hydrogens is 328 g/mol. The van der Waals surface area contributed by atoms with E-state index in [0.29, 0.717) is 35.9 Å². The van der Waals surface area contributed by atoms with Gasteiger partial charge in [0.1, 0.15) is 5.69 Å². The molecule has 2 rings (SSSR count). The third-order valence-electron chi connectivity index (χ3n) is 3.78. The molecule has 0 bridgehead atoms. The van der Waals surface area contributed by atoms with Crippen molar-refractivity contribution in [1.82, 2.24) is 4.98 Å². The number of halogens is 1. The molecule has 1 heterocycles. The second kappa shape index (κ2) is 8.02. The maximum atomic E-state index is 12.1. The number of H-pyrrole nitrogens is 1. The summed E-state index contributed by atoms with van der Waals surface area (Å²) in [6.07, 6.45) is 0.855. The van der Waals surface area contributed by atoms with Crippen LogP contribution in [-0.4, -0.2) is 23.5 Å². The molecule has 0 spiro atoms. The topological polar surface area (TPSA) is 71.2 Å². The lowest BCUT2D eigenvalue weighted by Crippen LogP contribution is -2.12. The largest absolute Gasteiger partial charge is 0.461 e. The minimum absolute atomic E-state index is 0.102. The monoisotopic (exact) mass is 348 g/mol. The average molecular weight is 349 g/mol. The lowest BCUT2D eigenvalue weighted by Gasteiger charge is -2.06. The minimum Gasteiger partial charge on any atom is -0.461 e. The molecule has 1 aromatic heterocycles. The van der Waals surface area contributed by atoms with Gasteiger partial charge in [-0.25, -0.2) is 4.79 Å². The van der Waals surface area contributed by atoms with Gasteiger partial charge in [0, 0.05) is 22.8 Å². The van der Waals surface area contributed by atoms with Gasteiger partial charge in [-0.15, -0.1) is 0 Å². The lowest BCUT2D eigenvalue weighted by molar-refractivity contribution is -0.116. The molecule has 0 saturated heterocycles. The number of rotatable bonds is 6. The molecule has 24 heavy (non-hydrogen) atoms. The van der Waals surface area contributed by atoms with Crippen LogP contribution in [0.15, 0.2) is 24.3 Å². The number of carbonyl (C=O) groups is 2. The van der Waals surface area contributed by atoms with E-state index in [0.717, 1.165) is 16.8 Å². The molecule has 0 radical (unpaired) electrons. The van der Waals surface area contributed by atoms with Crippen LogP contribution in [0.1, 0.15) is 40.7 Å². The van der Waals surface area contributed by atoms with Crippen molar-refractivity contribution in [1.29, 1.82) is 0 Å². The van der Waals surface area contributed by atoms with E-state index in [1.165, 1.54) is 0 Å². The molecule has 1 aromatic carbocycles. The summed E-state index contributed by atoms with van der Waals surface area (Å²) in [5, 5.41) is 3.39. The fourth-order valence-electron chi connectivity index (χ4n) is 2.60. The molecule has 0 saturated carbocycles. The fraction of sp³-hybridized carbons (Fsp3) is 0.333. The highest BCUT2D eigenvalue weighted by Gasteiger charge is 2.18. The van der Waals surface area contributed by atoms with Gasteiger partial charge in [0.25, 0.3) is 0 Å². The van der Waals surface area contributed by atoms with Gasteiger partial charge in [-0.1, -0.05) is 17.7 Å². The number of hydrogen-bond acceptors (Lipinski definition) is 3. The lowest BCUT2D eigenvalue weighted by atomic mass is 10.0. The van der Waals surface area contributed by atoms with E-state index in [-0.39, 0.29) is 11.9 Å². The van der Waals surface area contributed by atoms with E-state index in [1.807, 2.05) is 13.8 Å². The van der Waals surface area contributed by atoms with Crippen molar-refractivity contribution >= 4 is 29.2 Å². The number of aromatic nitrogens is 1. The number of aromatic amines is 1. The fourth-order valence-corrected chi connectivity index (χ4v) is 2.79. The van der Waals surface area contributed by atoms with Gasteiger partial charge in [0.2, 0.25) is 5.91 Å². The van der Waals surface area contributed by atoms with E-state index in [9.17, 15) is 9.59 Å². The first-order chi connectivity index (χ1) is 11.4. The SMILES string of the molecule is CCOC(=O)c1[nH]c(C)c(CCC(=O)Nc2cccc(Cl)c2)c1C. The summed E-state index contributed by atoms with van der Waals surface area (Å²) in [5.41, 5.74) is 3.81. The van der Waals surface area contributed by atoms with Crippen molar-refractivity contribution in [2.75, 3.05) is 11.9 Å². The third-order valence-corrected chi connectivity index (χ3v) is 4.02. The van der Waals surface area contributed by atoms with E-state index in [2.05, 4.69) is 10.3 Å². The number of anilines is 1. The number of amides is 1. The number of nitrogens with one attached hydrogen (secondary N) is 2. The molecule has 5 nitrogen and oxygen atoms in total. The number of benzene rings is 1. The normalized spacial score (nSPS) is 10.5. The Morgan fingerprint density at radius 3 is 2.71 bits per heavy atom. The van der Waals surface area contributed by atoms with Crippen molar-refractivity contribution in [2.45, 2.75) is 33.6 Å². The van der Waals surface area contributed by atoms with Gasteiger partial charge in [-0.3, -0.25) is 4.79 Å². The van der Waals surface area contributed by atoms with Crippen molar-refractivity contribution in [3.05, 3.63) is 51.8 Å². The molecule has 0 unspecified atom stereocenters. The van der Waals surface area contributed by atoms with Gasteiger partial charge < -0.3 is 15.0 Å². The van der Waals surface area contributed by atoms with Crippen molar-refractivity contribution in [2.24, 2.45) is 0 Å². The molecule has 0 aliphatic rings. The Labute approximate surface area is 146 Å². The molecule has 2 aromatic rings. The molecule has 2 N–H and O–H groups in total. The van der Waals surface area contributed by atoms with Gasteiger partial charge >= 0.3 is 5.97 Å².